The lowest BCUT2D eigenvalue weighted by Crippen LogP contribution is -2.39. The van der Waals surface area contributed by atoms with E-state index in [9.17, 15) is 4.79 Å². The van der Waals surface area contributed by atoms with Gasteiger partial charge >= 0.3 is 0 Å². The van der Waals surface area contributed by atoms with Crippen LogP contribution in [0.15, 0.2) is 24.3 Å². The summed E-state index contributed by atoms with van der Waals surface area (Å²) in [6, 6.07) is 7.53. The summed E-state index contributed by atoms with van der Waals surface area (Å²) < 4.78 is 5.66. The number of amides is 1. The molecule has 1 aromatic carbocycles. The number of benzene rings is 1. The van der Waals surface area contributed by atoms with E-state index in [-0.39, 0.29) is 11.9 Å². The summed E-state index contributed by atoms with van der Waals surface area (Å²) in [5.74, 6) is 0.788. The number of hydrogen-bond donors (Lipinski definition) is 2. The van der Waals surface area contributed by atoms with Crippen molar-refractivity contribution in [2.45, 2.75) is 45.1 Å². The Morgan fingerprint density at radius 3 is 3.05 bits per heavy atom. The van der Waals surface area contributed by atoms with E-state index in [4.69, 9.17) is 4.74 Å². The Balaban J connectivity index is 1.99. The largest absolute Gasteiger partial charge is 0.491 e. The highest BCUT2D eigenvalue weighted by molar-refractivity contribution is 5.96. The fourth-order valence-corrected chi connectivity index (χ4v) is 2.38. The summed E-state index contributed by atoms with van der Waals surface area (Å²) in [4.78, 5) is 12.3. The molecule has 1 aromatic rings. The summed E-state index contributed by atoms with van der Waals surface area (Å²) >= 11 is 0. The van der Waals surface area contributed by atoms with Crippen LogP contribution in [0.1, 0.15) is 39.0 Å². The molecule has 20 heavy (non-hydrogen) atoms. The standard InChI is InChI=1S/C16H24N2O2/c1-2-12-20-15-10-6-5-8-13(15)18-16(19)14-9-4-3-7-11-17-14/h5-6,8,10,14,17H,2-4,7,9,11-12H2,1H3,(H,18,19). The maximum atomic E-state index is 12.3. The quantitative estimate of drug-likeness (QED) is 0.869. The predicted molar refractivity (Wildman–Crippen MR) is 81.1 cm³/mol. The molecule has 0 aromatic heterocycles. The van der Waals surface area contributed by atoms with Crippen LogP contribution in [-0.2, 0) is 4.79 Å². The monoisotopic (exact) mass is 276 g/mol. The molecule has 1 heterocycles. The van der Waals surface area contributed by atoms with E-state index in [0.29, 0.717) is 6.61 Å². The number of carbonyl (C=O) groups is 1. The third-order valence-electron chi connectivity index (χ3n) is 3.48. The number of rotatable bonds is 5. The van der Waals surface area contributed by atoms with Crippen molar-refractivity contribution in [2.24, 2.45) is 0 Å². The lowest BCUT2D eigenvalue weighted by molar-refractivity contribution is -0.118. The highest BCUT2D eigenvalue weighted by Gasteiger charge is 2.20. The Labute approximate surface area is 120 Å². The zero-order valence-electron chi connectivity index (χ0n) is 12.2. The van der Waals surface area contributed by atoms with Crippen LogP contribution < -0.4 is 15.4 Å². The second-order valence-corrected chi connectivity index (χ2v) is 5.19. The Kier molecular flexibility index (Phi) is 5.87. The van der Waals surface area contributed by atoms with Crippen LogP contribution in [0.3, 0.4) is 0 Å². The number of hydrogen-bond acceptors (Lipinski definition) is 3. The fourth-order valence-electron chi connectivity index (χ4n) is 2.38. The van der Waals surface area contributed by atoms with E-state index < -0.39 is 0 Å². The normalized spacial score (nSPS) is 19.1. The molecule has 0 bridgehead atoms. The first-order chi connectivity index (χ1) is 9.81. The summed E-state index contributed by atoms with van der Waals surface area (Å²) in [6.07, 6.45) is 5.32. The van der Waals surface area contributed by atoms with E-state index in [1.54, 1.807) is 0 Å². The molecule has 1 fully saturated rings. The number of anilines is 1. The first-order valence-corrected chi connectivity index (χ1v) is 7.57. The molecule has 0 radical (unpaired) electrons. The number of para-hydroxylation sites is 2. The Morgan fingerprint density at radius 1 is 1.35 bits per heavy atom. The number of carbonyl (C=O) groups excluding carboxylic acids is 1. The van der Waals surface area contributed by atoms with Gasteiger partial charge in [0.05, 0.1) is 18.3 Å². The molecular formula is C16H24N2O2. The number of nitrogens with one attached hydrogen (secondary N) is 2. The zero-order valence-corrected chi connectivity index (χ0v) is 12.2. The van der Waals surface area contributed by atoms with Gasteiger partial charge < -0.3 is 15.4 Å². The van der Waals surface area contributed by atoms with Crippen LogP contribution in [0.5, 0.6) is 5.75 Å². The van der Waals surface area contributed by atoms with Crippen molar-refractivity contribution in [2.75, 3.05) is 18.5 Å². The van der Waals surface area contributed by atoms with E-state index in [2.05, 4.69) is 17.6 Å². The maximum Gasteiger partial charge on any atom is 0.241 e. The first-order valence-electron chi connectivity index (χ1n) is 7.57. The molecule has 4 nitrogen and oxygen atoms in total. The Hall–Kier alpha value is -1.55. The van der Waals surface area contributed by atoms with Gasteiger partial charge in [-0.15, -0.1) is 0 Å². The SMILES string of the molecule is CCCOc1ccccc1NC(=O)C1CCCCCN1. The van der Waals surface area contributed by atoms with Crippen molar-refractivity contribution in [3.05, 3.63) is 24.3 Å². The molecule has 0 aliphatic carbocycles. The molecule has 110 valence electrons. The third kappa shape index (κ3) is 4.23. The topological polar surface area (TPSA) is 50.4 Å². The van der Waals surface area contributed by atoms with Gasteiger partial charge in [0, 0.05) is 0 Å². The predicted octanol–water partition coefficient (Wildman–Crippen LogP) is 2.95. The molecule has 2 rings (SSSR count). The minimum Gasteiger partial charge on any atom is -0.491 e. The van der Waals surface area contributed by atoms with E-state index in [1.165, 1.54) is 6.42 Å². The van der Waals surface area contributed by atoms with E-state index in [1.807, 2.05) is 24.3 Å². The average Bonchev–Trinajstić information content (AvgIpc) is 2.75. The second-order valence-electron chi connectivity index (χ2n) is 5.19. The lowest BCUT2D eigenvalue weighted by atomic mass is 10.1. The van der Waals surface area contributed by atoms with Crippen molar-refractivity contribution in [3.63, 3.8) is 0 Å². The van der Waals surface area contributed by atoms with Gasteiger partial charge in [0.15, 0.2) is 0 Å². The van der Waals surface area contributed by atoms with E-state index >= 15 is 0 Å². The molecule has 1 atom stereocenters. The molecule has 1 amide bonds. The van der Waals surface area contributed by atoms with Crippen LogP contribution >= 0.6 is 0 Å². The van der Waals surface area contributed by atoms with Crippen LogP contribution in [0, 0.1) is 0 Å². The molecule has 1 aliphatic rings. The molecule has 4 heteroatoms. The molecular weight excluding hydrogens is 252 g/mol. The molecule has 0 spiro atoms. The summed E-state index contributed by atoms with van der Waals surface area (Å²) in [5, 5.41) is 6.30. The average molecular weight is 276 g/mol. The van der Waals surface area contributed by atoms with Crippen molar-refractivity contribution in [3.8, 4) is 5.75 Å². The lowest BCUT2D eigenvalue weighted by Gasteiger charge is -2.17. The first kappa shape index (κ1) is 14.9. The van der Waals surface area contributed by atoms with Gasteiger partial charge in [-0.25, -0.2) is 0 Å². The van der Waals surface area contributed by atoms with Gasteiger partial charge in [0.2, 0.25) is 5.91 Å². The van der Waals surface area contributed by atoms with Crippen molar-refractivity contribution in [1.82, 2.24) is 5.32 Å². The van der Waals surface area contributed by atoms with Crippen molar-refractivity contribution in [1.29, 1.82) is 0 Å². The molecule has 2 N–H and O–H groups in total. The second kappa shape index (κ2) is 7.90. The summed E-state index contributed by atoms with van der Waals surface area (Å²) in [6.45, 7) is 3.65. The Bertz CT molecular complexity index is 426. The van der Waals surface area contributed by atoms with Crippen LogP contribution in [-0.4, -0.2) is 25.1 Å². The van der Waals surface area contributed by atoms with Gasteiger partial charge in [-0.1, -0.05) is 31.9 Å². The molecule has 1 aliphatic heterocycles. The van der Waals surface area contributed by atoms with Crippen LogP contribution in [0.2, 0.25) is 0 Å². The maximum absolute atomic E-state index is 12.3. The minimum atomic E-state index is -0.0864. The Morgan fingerprint density at radius 2 is 2.20 bits per heavy atom. The van der Waals surface area contributed by atoms with Crippen LogP contribution in [0.4, 0.5) is 5.69 Å². The van der Waals surface area contributed by atoms with Gasteiger partial charge in [-0.2, -0.15) is 0 Å². The number of ether oxygens (including phenoxy) is 1. The summed E-state index contributed by atoms with van der Waals surface area (Å²) in [7, 11) is 0. The zero-order chi connectivity index (χ0) is 14.2. The molecule has 1 saturated heterocycles. The summed E-state index contributed by atoms with van der Waals surface area (Å²) in [5.41, 5.74) is 0.761. The van der Waals surface area contributed by atoms with E-state index in [0.717, 1.165) is 43.7 Å². The highest BCUT2D eigenvalue weighted by Crippen LogP contribution is 2.24. The third-order valence-corrected chi connectivity index (χ3v) is 3.48. The molecule has 1 unspecified atom stereocenters. The van der Waals surface area contributed by atoms with Gasteiger partial charge in [-0.05, 0) is 37.9 Å². The molecule has 0 saturated carbocycles. The van der Waals surface area contributed by atoms with Gasteiger partial charge in [0.25, 0.3) is 0 Å². The van der Waals surface area contributed by atoms with Crippen LogP contribution in [0.25, 0.3) is 0 Å². The smallest absolute Gasteiger partial charge is 0.241 e. The minimum absolute atomic E-state index is 0.0412. The van der Waals surface area contributed by atoms with Crippen molar-refractivity contribution >= 4 is 11.6 Å². The van der Waals surface area contributed by atoms with Gasteiger partial charge in [0.1, 0.15) is 5.75 Å². The van der Waals surface area contributed by atoms with Gasteiger partial charge in [-0.3, -0.25) is 4.79 Å². The fraction of sp³-hybridized carbons (Fsp3) is 0.562. The van der Waals surface area contributed by atoms with Crippen molar-refractivity contribution < 1.29 is 9.53 Å². The highest BCUT2D eigenvalue weighted by atomic mass is 16.5.